The Balaban J connectivity index is 2.31. The summed E-state index contributed by atoms with van der Waals surface area (Å²) in [4.78, 5) is 14.5. The molecule has 0 saturated heterocycles. The highest BCUT2D eigenvalue weighted by Crippen LogP contribution is 2.28. The zero-order valence-electron chi connectivity index (χ0n) is 11.6. The fourth-order valence-corrected chi connectivity index (χ4v) is 1.77. The van der Waals surface area contributed by atoms with Crippen molar-refractivity contribution < 1.29 is 14.8 Å². The monoisotopic (exact) mass is 289 g/mol. The summed E-state index contributed by atoms with van der Waals surface area (Å²) < 4.78 is 4.97. The molecule has 21 heavy (non-hydrogen) atoms. The van der Waals surface area contributed by atoms with Gasteiger partial charge in [0.05, 0.1) is 18.1 Å². The third-order valence-electron chi connectivity index (χ3n) is 2.91. The number of nitrogens with one attached hydrogen (secondary N) is 1. The van der Waals surface area contributed by atoms with Gasteiger partial charge in [0.1, 0.15) is 0 Å². The number of methoxy groups -OCH3 is 1. The molecule has 2 rings (SSSR count). The molecule has 0 amide bonds. The fraction of sp³-hybridized carbons (Fsp3) is 0.214. The number of aliphatic hydroxyl groups is 1. The molecular weight excluding hydrogens is 274 g/mol. The summed E-state index contributed by atoms with van der Waals surface area (Å²) in [5.74, 6) is 0.382. The Morgan fingerprint density at radius 3 is 2.48 bits per heavy atom. The lowest BCUT2D eigenvalue weighted by Gasteiger charge is -2.09. The van der Waals surface area contributed by atoms with E-state index in [1.807, 2.05) is 0 Å². The van der Waals surface area contributed by atoms with Crippen molar-refractivity contribution in [2.75, 3.05) is 12.4 Å². The van der Waals surface area contributed by atoms with Crippen molar-refractivity contribution >= 4 is 17.2 Å². The van der Waals surface area contributed by atoms with Crippen LogP contribution in [-0.4, -0.2) is 22.1 Å². The minimum absolute atomic E-state index is 0.101. The van der Waals surface area contributed by atoms with E-state index in [2.05, 4.69) is 10.3 Å². The summed E-state index contributed by atoms with van der Waals surface area (Å²) in [7, 11) is 1.44. The fourth-order valence-electron chi connectivity index (χ4n) is 1.77. The molecule has 0 radical (unpaired) electrons. The second-order valence-corrected chi connectivity index (χ2v) is 4.40. The highest BCUT2D eigenvalue weighted by atomic mass is 16.6. The molecule has 0 aliphatic heterocycles. The predicted molar refractivity (Wildman–Crippen MR) is 77.8 cm³/mol. The summed E-state index contributed by atoms with van der Waals surface area (Å²) >= 11 is 0. The van der Waals surface area contributed by atoms with Crippen LogP contribution in [0.2, 0.25) is 0 Å². The molecule has 2 aromatic rings. The van der Waals surface area contributed by atoms with Crippen LogP contribution in [0.3, 0.4) is 0 Å². The van der Waals surface area contributed by atoms with Gasteiger partial charge < -0.3 is 15.2 Å². The first-order valence-electron chi connectivity index (χ1n) is 6.25. The van der Waals surface area contributed by atoms with Crippen molar-refractivity contribution in [1.82, 2.24) is 4.98 Å². The second-order valence-electron chi connectivity index (χ2n) is 4.40. The first-order valence-corrected chi connectivity index (χ1v) is 6.25. The Bertz CT molecular complexity index is 641. The van der Waals surface area contributed by atoms with Crippen LogP contribution in [0, 0.1) is 10.1 Å². The van der Waals surface area contributed by atoms with E-state index in [4.69, 9.17) is 4.74 Å². The smallest absolute Gasteiger partial charge is 0.311 e. The van der Waals surface area contributed by atoms with E-state index < -0.39 is 11.0 Å². The number of nitrogens with zero attached hydrogens (tertiary/aromatic N) is 2. The molecule has 1 heterocycles. The predicted octanol–water partition coefficient (Wildman–Crippen LogP) is 2.80. The molecule has 7 heteroatoms. The second kappa shape index (κ2) is 6.19. The number of benzene rings is 1. The highest BCUT2D eigenvalue weighted by molar-refractivity contribution is 5.66. The van der Waals surface area contributed by atoms with Gasteiger partial charge in [0.25, 0.3) is 0 Å². The van der Waals surface area contributed by atoms with Gasteiger partial charge in [-0.1, -0.05) is 12.1 Å². The Morgan fingerprint density at radius 2 is 1.95 bits per heavy atom. The molecule has 2 N–H and O–H groups in total. The molecule has 0 aliphatic carbocycles. The van der Waals surface area contributed by atoms with Crippen LogP contribution in [-0.2, 0) is 0 Å². The molecule has 7 nitrogen and oxygen atoms in total. The van der Waals surface area contributed by atoms with Crippen LogP contribution in [0.15, 0.2) is 36.4 Å². The maximum absolute atomic E-state index is 11.0. The number of ether oxygens (including phenoxy) is 1. The highest BCUT2D eigenvalue weighted by Gasteiger charge is 2.16. The molecular formula is C14H15N3O4. The SMILES string of the molecule is COc1ccc([N+](=O)[O-])c(Nc2ccc(C(C)O)cc2)n1. The Morgan fingerprint density at radius 1 is 1.29 bits per heavy atom. The topological polar surface area (TPSA) is 97.5 Å². The van der Waals surface area contributed by atoms with Crippen molar-refractivity contribution in [3.63, 3.8) is 0 Å². The number of rotatable bonds is 5. The molecule has 0 fully saturated rings. The average Bonchev–Trinajstić information content (AvgIpc) is 2.47. The number of aromatic nitrogens is 1. The number of hydrogen-bond donors (Lipinski definition) is 2. The number of nitro groups is 1. The Labute approximate surface area is 121 Å². The molecule has 0 spiro atoms. The molecule has 0 aliphatic rings. The van der Waals surface area contributed by atoms with Crippen LogP contribution in [0.1, 0.15) is 18.6 Å². The maximum Gasteiger partial charge on any atom is 0.311 e. The van der Waals surface area contributed by atoms with Gasteiger partial charge in [0.15, 0.2) is 0 Å². The standard InChI is InChI=1S/C14H15N3O4/c1-9(18)10-3-5-11(6-4-10)15-14-12(17(19)20)7-8-13(16-14)21-2/h3-9,18H,1-2H3,(H,15,16). The minimum Gasteiger partial charge on any atom is -0.481 e. The van der Waals surface area contributed by atoms with Gasteiger partial charge >= 0.3 is 5.69 Å². The molecule has 1 aromatic heterocycles. The van der Waals surface area contributed by atoms with Crippen molar-refractivity contribution in [3.8, 4) is 5.88 Å². The van der Waals surface area contributed by atoms with Crippen molar-refractivity contribution in [2.24, 2.45) is 0 Å². The van der Waals surface area contributed by atoms with Gasteiger partial charge in [-0.25, -0.2) is 0 Å². The van der Waals surface area contributed by atoms with E-state index >= 15 is 0 Å². The average molecular weight is 289 g/mol. The van der Waals surface area contributed by atoms with Gasteiger partial charge in [-0.3, -0.25) is 10.1 Å². The maximum atomic E-state index is 11.0. The van der Waals surface area contributed by atoms with Crippen molar-refractivity contribution in [3.05, 3.63) is 52.1 Å². The Hall–Kier alpha value is -2.67. The first-order chi connectivity index (χ1) is 10.0. The van der Waals surface area contributed by atoms with E-state index in [9.17, 15) is 15.2 Å². The number of anilines is 2. The lowest BCUT2D eigenvalue weighted by Crippen LogP contribution is -2.01. The van der Waals surface area contributed by atoms with Crippen molar-refractivity contribution in [2.45, 2.75) is 13.0 Å². The summed E-state index contributed by atoms with van der Waals surface area (Å²) in [5, 5.41) is 23.3. The molecule has 1 atom stereocenters. The number of pyridine rings is 1. The number of hydrogen-bond acceptors (Lipinski definition) is 6. The van der Waals surface area contributed by atoms with E-state index in [0.717, 1.165) is 5.56 Å². The van der Waals surface area contributed by atoms with E-state index in [-0.39, 0.29) is 17.4 Å². The zero-order valence-corrected chi connectivity index (χ0v) is 11.6. The lowest BCUT2D eigenvalue weighted by atomic mass is 10.1. The molecule has 110 valence electrons. The van der Waals surface area contributed by atoms with Crippen LogP contribution in [0.5, 0.6) is 5.88 Å². The van der Waals surface area contributed by atoms with Crippen LogP contribution >= 0.6 is 0 Å². The summed E-state index contributed by atoms with van der Waals surface area (Å²) in [6.45, 7) is 1.66. The summed E-state index contributed by atoms with van der Waals surface area (Å²) in [6.07, 6.45) is -0.566. The van der Waals surface area contributed by atoms with Gasteiger partial charge in [0.2, 0.25) is 11.7 Å². The third-order valence-corrected chi connectivity index (χ3v) is 2.91. The molecule has 1 aromatic carbocycles. The largest absolute Gasteiger partial charge is 0.481 e. The van der Waals surface area contributed by atoms with Crippen LogP contribution < -0.4 is 10.1 Å². The quantitative estimate of drug-likeness (QED) is 0.649. The number of aliphatic hydroxyl groups excluding tert-OH is 1. The van der Waals surface area contributed by atoms with Crippen LogP contribution in [0.25, 0.3) is 0 Å². The molecule has 0 saturated carbocycles. The summed E-state index contributed by atoms with van der Waals surface area (Å²) in [6, 6.07) is 9.66. The van der Waals surface area contributed by atoms with Gasteiger partial charge in [-0.05, 0) is 24.6 Å². The van der Waals surface area contributed by atoms with Gasteiger partial charge in [0, 0.05) is 17.8 Å². The normalized spacial score (nSPS) is 11.8. The van der Waals surface area contributed by atoms with E-state index in [0.29, 0.717) is 5.69 Å². The van der Waals surface area contributed by atoms with Crippen LogP contribution in [0.4, 0.5) is 17.2 Å². The molecule has 0 bridgehead atoms. The molecule has 1 unspecified atom stereocenters. The van der Waals surface area contributed by atoms with Gasteiger partial charge in [-0.2, -0.15) is 4.98 Å². The summed E-state index contributed by atoms with van der Waals surface area (Å²) in [5.41, 5.74) is 1.24. The van der Waals surface area contributed by atoms with Crippen molar-refractivity contribution in [1.29, 1.82) is 0 Å². The zero-order chi connectivity index (χ0) is 15.4. The minimum atomic E-state index is -0.566. The van der Waals surface area contributed by atoms with E-state index in [1.54, 1.807) is 31.2 Å². The lowest BCUT2D eigenvalue weighted by molar-refractivity contribution is -0.384. The third kappa shape index (κ3) is 3.46. The Kier molecular flexibility index (Phi) is 4.34. The first kappa shape index (κ1) is 14.7. The van der Waals surface area contributed by atoms with Gasteiger partial charge in [-0.15, -0.1) is 0 Å². The van der Waals surface area contributed by atoms with E-state index in [1.165, 1.54) is 19.2 Å².